The molecule has 0 radical (unpaired) electrons. The average Bonchev–Trinajstić information content (AvgIpc) is 2.39. The van der Waals surface area contributed by atoms with Crippen LogP contribution >= 0.6 is 0 Å². The molecule has 0 atom stereocenters. The van der Waals surface area contributed by atoms with Crippen molar-refractivity contribution in [2.24, 2.45) is 0 Å². The summed E-state index contributed by atoms with van der Waals surface area (Å²) in [6.45, 7) is 15.6. The van der Waals surface area contributed by atoms with Crippen LogP contribution in [0.4, 0.5) is 0 Å². The first kappa shape index (κ1) is 18.2. The SMILES string of the molecule is CCC(C)(C)N(C)Cc1ccccc1CCNC(C)(C)C. The van der Waals surface area contributed by atoms with E-state index < -0.39 is 0 Å². The summed E-state index contributed by atoms with van der Waals surface area (Å²) in [5, 5.41) is 3.58. The van der Waals surface area contributed by atoms with Crippen molar-refractivity contribution in [1.29, 1.82) is 0 Å². The van der Waals surface area contributed by atoms with E-state index in [1.165, 1.54) is 11.1 Å². The number of nitrogens with one attached hydrogen (secondary N) is 1. The smallest absolute Gasteiger partial charge is 0.0238 e. The summed E-state index contributed by atoms with van der Waals surface area (Å²) in [5.74, 6) is 0. The van der Waals surface area contributed by atoms with Gasteiger partial charge in [0.25, 0.3) is 0 Å². The van der Waals surface area contributed by atoms with Gasteiger partial charge in [0.2, 0.25) is 0 Å². The first-order valence-electron chi connectivity index (χ1n) is 8.19. The summed E-state index contributed by atoms with van der Waals surface area (Å²) in [4.78, 5) is 2.46. The molecule has 0 bridgehead atoms. The predicted molar refractivity (Wildman–Crippen MR) is 93.7 cm³/mol. The molecule has 0 saturated heterocycles. The number of benzene rings is 1. The van der Waals surface area contributed by atoms with Crippen molar-refractivity contribution in [3.05, 3.63) is 35.4 Å². The molecule has 0 aliphatic carbocycles. The Labute approximate surface area is 131 Å². The van der Waals surface area contributed by atoms with Gasteiger partial charge in [-0.1, -0.05) is 31.2 Å². The van der Waals surface area contributed by atoms with Crippen LogP contribution in [-0.2, 0) is 13.0 Å². The van der Waals surface area contributed by atoms with Gasteiger partial charge in [-0.05, 0) is 72.2 Å². The molecule has 0 amide bonds. The van der Waals surface area contributed by atoms with Crippen LogP contribution in [-0.4, -0.2) is 29.6 Å². The van der Waals surface area contributed by atoms with E-state index in [-0.39, 0.29) is 11.1 Å². The Hall–Kier alpha value is -0.860. The second-order valence-corrected chi connectivity index (χ2v) is 7.72. The Morgan fingerprint density at radius 1 is 1.00 bits per heavy atom. The summed E-state index contributed by atoms with van der Waals surface area (Å²) >= 11 is 0. The van der Waals surface area contributed by atoms with Crippen LogP contribution in [0.5, 0.6) is 0 Å². The van der Waals surface area contributed by atoms with E-state index in [9.17, 15) is 0 Å². The average molecular weight is 290 g/mol. The molecule has 1 aromatic carbocycles. The third kappa shape index (κ3) is 6.19. The normalized spacial score (nSPS) is 13.0. The molecule has 2 nitrogen and oxygen atoms in total. The zero-order chi connectivity index (χ0) is 16.1. The fraction of sp³-hybridized carbons (Fsp3) is 0.684. The summed E-state index contributed by atoms with van der Waals surface area (Å²) in [6, 6.07) is 8.85. The Morgan fingerprint density at radius 2 is 1.57 bits per heavy atom. The molecule has 0 aliphatic rings. The lowest BCUT2D eigenvalue weighted by molar-refractivity contribution is 0.142. The topological polar surface area (TPSA) is 15.3 Å². The second-order valence-electron chi connectivity index (χ2n) is 7.72. The molecule has 0 heterocycles. The highest BCUT2D eigenvalue weighted by atomic mass is 15.2. The Bertz CT molecular complexity index is 429. The van der Waals surface area contributed by atoms with Gasteiger partial charge >= 0.3 is 0 Å². The number of hydrogen-bond acceptors (Lipinski definition) is 2. The van der Waals surface area contributed by atoms with Gasteiger partial charge in [0.15, 0.2) is 0 Å². The van der Waals surface area contributed by atoms with Crippen molar-refractivity contribution >= 4 is 0 Å². The monoisotopic (exact) mass is 290 g/mol. The van der Waals surface area contributed by atoms with Crippen LogP contribution in [0.25, 0.3) is 0 Å². The van der Waals surface area contributed by atoms with Crippen molar-refractivity contribution < 1.29 is 0 Å². The van der Waals surface area contributed by atoms with Gasteiger partial charge in [-0.3, -0.25) is 4.90 Å². The summed E-state index contributed by atoms with van der Waals surface area (Å²) < 4.78 is 0. The molecule has 0 fully saturated rings. The van der Waals surface area contributed by atoms with Gasteiger partial charge in [0.1, 0.15) is 0 Å². The van der Waals surface area contributed by atoms with Crippen LogP contribution in [0.3, 0.4) is 0 Å². The van der Waals surface area contributed by atoms with Gasteiger partial charge in [0.05, 0.1) is 0 Å². The van der Waals surface area contributed by atoms with Crippen molar-refractivity contribution in [3.8, 4) is 0 Å². The Morgan fingerprint density at radius 3 is 2.10 bits per heavy atom. The highest BCUT2D eigenvalue weighted by Gasteiger charge is 2.21. The maximum Gasteiger partial charge on any atom is 0.0238 e. The number of hydrogen-bond donors (Lipinski definition) is 1. The molecule has 1 rings (SSSR count). The predicted octanol–water partition coefficient (Wildman–Crippen LogP) is 4.24. The molecule has 1 aromatic rings. The molecule has 0 spiro atoms. The van der Waals surface area contributed by atoms with Crippen molar-refractivity contribution in [1.82, 2.24) is 10.2 Å². The van der Waals surface area contributed by atoms with E-state index in [1.807, 2.05) is 0 Å². The summed E-state index contributed by atoms with van der Waals surface area (Å²) in [6.07, 6.45) is 2.26. The minimum atomic E-state index is 0.190. The van der Waals surface area contributed by atoms with E-state index in [2.05, 4.69) is 83.1 Å². The lowest BCUT2D eigenvalue weighted by Gasteiger charge is -2.35. The molecular weight excluding hydrogens is 256 g/mol. The Balaban J connectivity index is 2.71. The second kappa shape index (κ2) is 7.42. The lowest BCUT2D eigenvalue weighted by atomic mass is 9.97. The van der Waals surface area contributed by atoms with Crippen LogP contribution < -0.4 is 5.32 Å². The van der Waals surface area contributed by atoms with Crippen molar-refractivity contribution in [3.63, 3.8) is 0 Å². The van der Waals surface area contributed by atoms with E-state index in [0.29, 0.717) is 0 Å². The van der Waals surface area contributed by atoms with E-state index in [1.54, 1.807) is 0 Å². The van der Waals surface area contributed by atoms with E-state index >= 15 is 0 Å². The molecule has 21 heavy (non-hydrogen) atoms. The molecule has 0 unspecified atom stereocenters. The third-order valence-corrected chi connectivity index (χ3v) is 4.47. The fourth-order valence-corrected chi connectivity index (χ4v) is 2.27. The summed E-state index contributed by atoms with van der Waals surface area (Å²) in [5.41, 5.74) is 3.36. The molecular formula is C19H34N2. The van der Waals surface area contributed by atoms with Crippen LogP contribution in [0, 0.1) is 0 Å². The van der Waals surface area contributed by atoms with Gasteiger partial charge in [-0.2, -0.15) is 0 Å². The third-order valence-electron chi connectivity index (χ3n) is 4.47. The summed E-state index contributed by atoms with van der Waals surface area (Å²) in [7, 11) is 2.23. The number of nitrogens with zero attached hydrogens (tertiary/aromatic N) is 1. The van der Waals surface area contributed by atoms with Gasteiger partial charge in [0, 0.05) is 17.6 Å². The zero-order valence-electron chi connectivity index (χ0n) is 15.1. The number of rotatable bonds is 7. The molecule has 120 valence electrons. The van der Waals surface area contributed by atoms with Gasteiger partial charge in [-0.25, -0.2) is 0 Å². The molecule has 0 aliphatic heterocycles. The van der Waals surface area contributed by atoms with Crippen molar-refractivity contribution in [2.75, 3.05) is 13.6 Å². The minimum Gasteiger partial charge on any atom is -0.312 e. The van der Waals surface area contributed by atoms with E-state index in [4.69, 9.17) is 0 Å². The largest absolute Gasteiger partial charge is 0.312 e. The van der Waals surface area contributed by atoms with Crippen molar-refractivity contribution in [2.45, 2.75) is 72.0 Å². The maximum absolute atomic E-state index is 3.58. The maximum atomic E-state index is 3.58. The van der Waals surface area contributed by atoms with Gasteiger partial charge in [-0.15, -0.1) is 0 Å². The quantitative estimate of drug-likeness (QED) is 0.808. The Kier molecular flexibility index (Phi) is 6.42. The minimum absolute atomic E-state index is 0.190. The van der Waals surface area contributed by atoms with Crippen LogP contribution in [0.2, 0.25) is 0 Å². The highest BCUT2D eigenvalue weighted by Crippen LogP contribution is 2.21. The van der Waals surface area contributed by atoms with Crippen LogP contribution in [0.1, 0.15) is 59.1 Å². The van der Waals surface area contributed by atoms with E-state index in [0.717, 1.165) is 25.9 Å². The zero-order valence-corrected chi connectivity index (χ0v) is 15.1. The molecule has 0 saturated carbocycles. The highest BCUT2D eigenvalue weighted by molar-refractivity contribution is 5.27. The first-order valence-corrected chi connectivity index (χ1v) is 8.19. The van der Waals surface area contributed by atoms with Crippen LogP contribution in [0.15, 0.2) is 24.3 Å². The van der Waals surface area contributed by atoms with Gasteiger partial charge < -0.3 is 5.32 Å². The standard InChI is InChI=1S/C19H34N2/c1-8-19(5,6)21(7)15-17-12-10-9-11-16(17)13-14-20-18(2,3)4/h9-12,20H,8,13-15H2,1-7H3. The molecule has 0 aromatic heterocycles. The molecule has 1 N–H and O–H groups in total. The first-order chi connectivity index (χ1) is 9.65. The fourth-order valence-electron chi connectivity index (χ4n) is 2.27. The lowest BCUT2D eigenvalue weighted by Crippen LogP contribution is -2.40. The molecule has 2 heteroatoms.